The maximum Gasteiger partial charge on any atom is 0.156 e. The fourth-order valence-electron chi connectivity index (χ4n) is 4.36. The monoisotopic (exact) mass is 290 g/mol. The van der Waals surface area contributed by atoms with Crippen LogP contribution in [0.15, 0.2) is 35.2 Å². The molecule has 2 saturated carbocycles. The molecule has 1 aliphatic heterocycles. The fraction of sp³-hybridized carbons (Fsp3) is 0.667. The largest absolute Gasteiger partial charge is 0.310 e. The molecule has 2 fully saturated rings. The second-order valence-corrected chi connectivity index (χ2v) is 9.41. The molecule has 0 saturated heterocycles. The lowest BCUT2D eigenvalue weighted by atomic mass is 9.88. The van der Waals surface area contributed by atoms with Crippen LogP contribution in [0.5, 0.6) is 0 Å². The lowest BCUT2D eigenvalue weighted by Crippen LogP contribution is -2.12. The highest BCUT2D eigenvalue weighted by atomic mass is 31.2. The molecule has 0 aromatic heterocycles. The average Bonchev–Trinajstić information content (AvgIpc) is 2.87. The zero-order valence-corrected chi connectivity index (χ0v) is 13.4. The first-order chi connectivity index (χ1) is 9.75. The lowest BCUT2D eigenvalue weighted by Gasteiger charge is -2.31. The van der Waals surface area contributed by atoms with E-state index in [2.05, 4.69) is 18.7 Å². The maximum absolute atomic E-state index is 13.6. The van der Waals surface area contributed by atoms with Crippen molar-refractivity contribution in [2.45, 2.75) is 64.2 Å². The molecule has 0 amide bonds. The van der Waals surface area contributed by atoms with Gasteiger partial charge in [-0.2, -0.15) is 0 Å². The van der Waals surface area contributed by atoms with Crippen molar-refractivity contribution in [3.63, 3.8) is 0 Å². The van der Waals surface area contributed by atoms with Gasteiger partial charge in [-0.3, -0.25) is 0 Å². The molecular weight excluding hydrogens is 263 g/mol. The number of hydrogen-bond donors (Lipinski definition) is 0. The van der Waals surface area contributed by atoms with E-state index in [1.54, 1.807) is 5.82 Å². The van der Waals surface area contributed by atoms with Crippen LogP contribution in [0.2, 0.25) is 0 Å². The highest BCUT2D eigenvalue weighted by Crippen LogP contribution is 2.70. The first kappa shape index (κ1) is 14.4. The van der Waals surface area contributed by atoms with Gasteiger partial charge in [-0.25, -0.2) is 0 Å². The van der Waals surface area contributed by atoms with Gasteiger partial charge in [0.05, 0.1) is 0 Å². The Morgan fingerprint density at radius 2 is 1.25 bits per heavy atom. The van der Waals surface area contributed by atoms with Crippen molar-refractivity contribution in [1.82, 2.24) is 0 Å². The van der Waals surface area contributed by atoms with E-state index >= 15 is 0 Å². The molecule has 0 aromatic carbocycles. The summed E-state index contributed by atoms with van der Waals surface area (Å²) in [5.41, 5.74) is 0. The molecule has 20 heavy (non-hydrogen) atoms. The van der Waals surface area contributed by atoms with Crippen molar-refractivity contribution in [2.24, 2.45) is 11.8 Å². The first-order valence-electron chi connectivity index (χ1n) is 8.42. The molecule has 2 heteroatoms. The summed E-state index contributed by atoms with van der Waals surface area (Å²) in [5.74, 6) is 2.93. The van der Waals surface area contributed by atoms with E-state index in [4.69, 9.17) is 0 Å². The molecule has 0 atom stereocenters. The summed E-state index contributed by atoms with van der Waals surface area (Å²) < 4.78 is 13.6. The maximum atomic E-state index is 13.6. The Labute approximate surface area is 123 Å². The third kappa shape index (κ3) is 2.50. The van der Waals surface area contributed by atoms with Crippen molar-refractivity contribution in [3.05, 3.63) is 35.2 Å². The summed E-state index contributed by atoms with van der Waals surface area (Å²) in [5, 5.41) is 2.49. The molecule has 0 N–H and O–H groups in total. The van der Waals surface area contributed by atoms with Crippen molar-refractivity contribution in [1.29, 1.82) is 0 Å². The molecule has 1 nitrogen and oxygen atoms in total. The van der Waals surface area contributed by atoms with E-state index in [0.29, 0.717) is 11.8 Å². The molecule has 3 aliphatic rings. The Bertz CT molecular complexity index is 436. The van der Waals surface area contributed by atoms with Crippen LogP contribution in [-0.4, -0.2) is 0 Å². The smallest absolute Gasteiger partial charge is 0.156 e. The molecule has 1 heterocycles. The summed E-state index contributed by atoms with van der Waals surface area (Å²) in [6, 6.07) is 0. The van der Waals surface area contributed by atoms with Crippen molar-refractivity contribution >= 4 is 7.14 Å². The van der Waals surface area contributed by atoms with E-state index in [-0.39, 0.29) is 0 Å². The van der Waals surface area contributed by atoms with Gasteiger partial charge in [0.1, 0.15) is 0 Å². The summed E-state index contributed by atoms with van der Waals surface area (Å²) >= 11 is 0. The van der Waals surface area contributed by atoms with Crippen LogP contribution in [0.1, 0.15) is 64.2 Å². The molecule has 0 unspecified atom stereocenters. The molecule has 0 bridgehead atoms. The average molecular weight is 290 g/mol. The summed E-state index contributed by atoms with van der Waals surface area (Å²) in [6.45, 7) is 3.96. The SMILES string of the molecule is C=CP1(=O)C(C2CCCCC2)=CC=C1C1CCCCC1. The van der Waals surface area contributed by atoms with Gasteiger partial charge in [0.15, 0.2) is 7.14 Å². The van der Waals surface area contributed by atoms with Crippen LogP contribution in [0.25, 0.3) is 0 Å². The summed E-state index contributed by atoms with van der Waals surface area (Å²) in [7, 11) is -2.42. The van der Waals surface area contributed by atoms with Crippen LogP contribution < -0.4 is 0 Å². The van der Waals surface area contributed by atoms with Crippen LogP contribution in [0.4, 0.5) is 0 Å². The topological polar surface area (TPSA) is 17.1 Å². The highest BCUT2D eigenvalue weighted by molar-refractivity contribution is 7.75. The van der Waals surface area contributed by atoms with Crippen molar-refractivity contribution < 1.29 is 4.57 Å². The van der Waals surface area contributed by atoms with Crippen LogP contribution >= 0.6 is 7.14 Å². The Kier molecular flexibility index (Phi) is 4.36. The molecule has 0 spiro atoms. The predicted molar refractivity (Wildman–Crippen MR) is 87.1 cm³/mol. The normalized spacial score (nSPS) is 28.0. The van der Waals surface area contributed by atoms with Crippen LogP contribution in [0.3, 0.4) is 0 Å². The lowest BCUT2D eigenvalue weighted by molar-refractivity contribution is 0.406. The number of hydrogen-bond acceptors (Lipinski definition) is 1. The van der Waals surface area contributed by atoms with E-state index in [0.717, 1.165) is 0 Å². The minimum absolute atomic E-state index is 0.560. The Morgan fingerprint density at radius 1 is 0.850 bits per heavy atom. The Hall–Kier alpha value is -0.550. The van der Waals surface area contributed by atoms with E-state index in [1.165, 1.54) is 74.8 Å². The van der Waals surface area contributed by atoms with Crippen LogP contribution in [-0.2, 0) is 4.57 Å². The molecule has 3 rings (SSSR count). The Morgan fingerprint density at radius 3 is 1.60 bits per heavy atom. The van der Waals surface area contributed by atoms with Gasteiger partial charge < -0.3 is 4.57 Å². The van der Waals surface area contributed by atoms with Crippen LogP contribution in [0, 0.1) is 11.8 Å². The van der Waals surface area contributed by atoms with Gasteiger partial charge in [-0.1, -0.05) is 57.3 Å². The zero-order valence-electron chi connectivity index (χ0n) is 12.5. The standard InChI is InChI=1S/C18H27OP/c1-2-20(19)17(15-9-5-3-6-10-15)13-14-18(20)16-11-7-4-8-12-16/h2,13-16H,1,3-12H2. The fourth-order valence-corrected chi connectivity index (χ4v) is 7.28. The molecule has 110 valence electrons. The van der Waals surface area contributed by atoms with Gasteiger partial charge in [-0.15, -0.1) is 0 Å². The van der Waals surface area contributed by atoms with E-state index in [1.807, 2.05) is 0 Å². The van der Waals surface area contributed by atoms with Gasteiger partial charge in [0, 0.05) is 0 Å². The van der Waals surface area contributed by atoms with Gasteiger partial charge in [-0.05, 0) is 54.0 Å². The zero-order chi connectivity index (χ0) is 14.0. The van der Waals surface area contributed by atoms with Crippen molar-refractivity contribution in [3.8, 4) is 0 Å². The number of rotatable bonds is 3. The summed E-state index contributed by atoms with van der Waals surface area (Å²) in [6.07, 6.45) is 17.3. The summed E-state index contributed by atoms with van der Waals surface area (Å²) in [4.78, 5) is 0. The van der Waals surface area contributed by atoms with Crippen molar-refractivity contribution in [2.75, 3.05) is 0 Å². The quantitative estimate of drug-likeness (QED) is 0.547. The number of allylic oxidation sites excluding steroid dienone is 4. The first-order valence-corrected chi connectivity index (χ1v) is 10.2. The molecule has 2 aliphatic carbocycles. The van der Waals surface area contributed by atoms with E-state index in [9.17, 15) is 4.57 Å². The predicted octanol–water partition coefficient (Wildman–Crippen LogP) is 6.44. The molecule has 0 aromatic rings. The third-order valence-electron chi connectivity index (χ3n) is 5.50. The van der Waals surface area contributed by atoms with Gasteiger partial charge in [0.2, 0.25) is 0 Å². The minimum atomic E-state index is -2.42. The molecular formula is C18H27OP. The Balaban J connectivity index is 1.81. The second-order valence-electron chi connectivity index (χ2n) is 6.69. The minimum Gasteiger partial charge on any atom is -0.310 e. The highest BCUT2D eigenvalue weighted by Gasteiger charge is 2.39. The van der Waals surface area contributed by atoms with Gasteiger partial charge in [0.25, 0.3) is 0 Å². The second kappa shape index (κ2) is 6.06. The van der Waals surface area contributed by atoms with E-state index < -0.39 is 7.14 Å². The third-order valence-corrected chi connectivity index (χ3v) is 8.57. The van der Waals surface area contributed by atoms with Gasteiger partial charge >= 0.3 is 0 Å². The molecule has 0 radical (unpaired) electrons.